The Kier molecular flexibility index (Phi) is 5.10. The lowest BCUT2D eigenvalue weighted by molar-refractivity contribution is 0.0735. The molecule has 0 radical (unpaired) electrons. The molecule has 1 aliphatic heterocycles. The van der Waals surface area contributed by atoms with Gasteiger partial charge in [-0.2, -0.15) is 4.98 Å². The van der Waals surface area contributed by atoms with Crippen LogP contribution in [0.2, 0.25) is 0 Å². The zero-order valence-corrected chi connectivity index (χ0v) is 16.1. The van der Waals surface area contributed by atoms with Crippen molar-refractivity contribution in [1.82, 2.24) is 15.0 Å². The molecule has 1 aromatic heterocycles. The summed E-state index contributed by atoms with van der Waals surface area (Å²) in [7, 11) is 0. The van der Waals surface area contributed by atoms with Gasteiger partial charge in [0.15, 0.2) is 6.61 Å². The monoisotopic (exact) mass is 377 g/mol. The van der Waals surface area contributed by atoms with E-state index in [9.17, 15) is 4.79 Å². The molecule has 1 atom stereocenters. The fourth-order valence-electron chi connectivity index (χ4n) is 3.70. The van der Waals surface area contributed by atoms with Gasteiger partial charge in [-0.05, 0) is 55.2 Å². The molecule has 0 aliphatic carbocycles. The molecule has 1 amide bonds. The van der Waals surface area contributed by atoms with Crippen molar-refractivity contribution in [3.05, 3.63) is 76.9 Å². The van der Waals surface area contributed by atoms with Crippen molar-refractivity contribution in [2.75, 3.05) is 6.54 Å². The van der Waals surface area contributed by atoms with Crippen LogP contribution in [0.25, 0.3) is 0 Å². The smallest absolute Gasteiger partial charge is 0.254 e. The van der Waals surface area contributed by atoms with E-state index in [0.717, 1.165) is 19.4 Å². The molecule has 1 unspecified atom stereocenters. The normalized spacial score (nSPS) is 16.4. The van der Waals surface area contributed by atoms with E-state index in [0.29, 0.717) is 23.0 Å². The summed E-state index contributed by atoms with van der Waals surface area (Å²) in [6.45, 7) is 4.85. The van der Waals surface area contributed by atoms with E-state index in [4.69, 9.17) is 9.26 Å². The van der Waals surface area contributed by atoms with Gasteiger partial charge >= 0.3 is 0 Å². The van der Waals surface area contributed by atoms with Crippen LogP contribution < -0.4 is 4.74 Å². The van der Waals surface area contributed by atoms with Crippen molar-refractivity contribution in [3.8, 4) is 5.75 Å². The van der Waals surface area contributed by atoms with Gasteiger partial charge in [-0.15, -0.1) is 0 Å². The molecule has 6 heteroatoms. The minimum atomic E-state index is 0.0612. The van der Waals surface area contributed by atoms with Crippen LogP contribution in [0.15, 0.2) is 53.1 Å². The summed E-state index contributed by atoms with van der Waals surface area (Å²) >= 11 is 0. The molecule has 1 saturated heterocycles. The van der Waals surface area contributed by atoms with Crippen LogP contribution in [-0.2, 0) is 6.61 Å². The van der Waals surface area contributed by atoms with Crippen LogP contribution in [0, 0.1) is 13.8 Å². The topological polar surface area (TPSA) is 68.5 Å². The maximum atomic E-state index is 13.1. The summed E-state index contributed by atoms with van der Waals surface area (Å²) in [6.07, 6.45) is 2.03. The number of carbonyl (C=O) groups is 1. The zero-order valence-electron chi connectivity index (χ0n) is 16.1. The lowest BCUT2D eigenvalue weighted by Crippen LogP contribution is -2.30. The summed E-state index contributed by atoms with van der Waals surface area (Å²) in [5, 5.41) is 3.80. The average Bonchev–Trinajstić information content (AvgIpc) is 3.36. The van der Waals surface area contributed by atoms with Gasteiger partial charge in [0.25, 0.3) is 5.91 Å². The van der Waals surface area contributed by atoms with Crippen LogP contribution in [0.3, 0.4) is 0 Å². The second-order valence-corrected chi connectivity index (χ2v) is 7.06. The van der Waals surface area contributed by atoms with E-state index in [1.807, 2.05) is 29.2 Å². The van der Waals surface area contributed by atoms with E-state index in [-0.39, 0.29) is 18.6 Å². The molecule has 2 aromatic carbocycles. The first-order valence-corrected chi connectivity index (χ1v) is 9.50. The van der Waals surface area contributed by atoms with Crippen molar-refractivity contribution in [2.45, 2.75) is 39.3 Å². The number of likely N-dealkylation sites (tertiary alicyclic amines) is 1. The van der Waals surface area contributed by atoms with Crippen LogP contribution in [-0.4, -0.2) is 27.5 Å². The van der Waals surface area contributed by atoms with Crippen LogP contribution in [0.5, 0.6) is 5.75 Å². The third-order valence-electron chi connectivity index (χ3n) is 5.10. The van der Waals surface area contributed by atoms with Crippen molar-refractivity contribution in [2.24, 2.45) is 0 Å². The summed E-state index contributed by atoms with van der Waals surface area (Å²) < 4.78 is 10.6. The molecule has 4 rings (SSSR count). The number of ether oxygens (including phenoxy) is 1. The number of nitrogens with zero attached hydrogens (tertiary/aromatic N) is 3. The minimum Gasteiger partial charge on any atom is -0.485 e. The molecule has 1 fully saturated rings. The van der Waals surface area contributed by atoms with Gasteiger partial charge in [-0.3, -0.25) is 4.79 Å². The van der Waals surface area contributed by atoms with Crippen molar-refractivity contribution in [1.29, 1.82) is 0 Å². The molecule has 2 heterocycles. The van der Waals surface area contributed by atoms with Crippen LogP contribution >= 0.6 is 0 Å². The Morgan fingerprint density at radius 1 is 1.18 bits per heavy atom. The molecule has 0 N–H and O–H groups in total. The van der Waals surface area contributed by atoms with Gasteiger partial charge < -0.3 is 14.2 Å². The third-order valence-corrected chi connectivity index (χ3v) is 5.10. The molecule has 28 heavy (non-hydrogen) atoms. The highest BCUT2D eigenvalue weighted by Gasteiger charge is 2.31. The van der Waals surface area contributed by atoms with Crippen molar-refractivity contribution < 1.29 is 14.1 Å². The number of aromatic nitrogens is 2. The molecule has 3 aromatic rings. The first-order chi connectivity index (χ1) is 13.6. The Hall–Kier alpha value is -3.15. The van der Waals surface area contributed by atoms with Crippen molar-refractivity contribution >= 4 is 5.91 Å². The number of carbonyl (C=O) groups excluding carboxylic acids is 1. The predicted molar refractivity (Wildman–Crippen MR) is 104 cm³/mol. The average molecular weight is 377 g/mol. The number of aryl methyl sites for hydroxylation is 2. The van der Waals surface area contributed by atoms with Gasteiger partial charge in [0.2, 0.25) is 11.7 Å². The lowest BCUT2D eigenvalue weighted by Gasteiger charge is -2.26. The lowest BCUT2D eigenvalue weighted by atomic mass is 9.99. The van der Waals surface area contributed by atoms with Gasteiger partial charge in [0, 0.05) is 19.0 Å². The van der Waals surface area contributed by atoms with E-state index in [2.05, 4.69) is 29.2 Å². The number of rotatable bonds is 5. The number of hydrogen-bond donors (Lipinski definition) is 0. The maximum Gasteiger partial charge on any atom is 0.254 e. The van der Waals surface area contributed by atoms with E-state index >= 15 is 0 Å². The maximum absolute atomic E-state index is 13.1. The number of amides is 1. The Labute approximate surface area is 164 Å². The quantitative estimate of drug-likeness (QED) is 0.665. The number of benzene rings is 2. The van der Waals surface area contributed by atoms with Gasteiger partial charge in [0.1, 0.15) is 5.75 Å². The minimum absolute atomic E-state index is 0.0612. The van der Waals surface area contributed by atoms with E-state index in [1.54, 1.807) is 19.1 Å². The Morgan fingerprint density at radius 3 is 2.68 bits per heavy atom. The molecule has 0 bridgehead atoms. The molecule has 0 spiro atoms. The number of hydrogen-bond acceptors (Lipinski definition) is 5. The molecule has 6 nitrogen and oxygen atoms in total. The second-order valence-electron chi connectivity index (χ2n) is 7.06. The summed E-state index contributed by atoms with van der Waals surface area (Å²) in [5.41, 5.74) is 3.14. The third kappa shape index (κ3) is 3.76. The van der Waals surface area contributed by atoms with Crippen molar-refractivity contribution in [3.63, 3.8) is 0 Å². The molecule has 1 aliphatic rings. The molecule has 144 valence electrons. The Morgan fingerprint density at radius 2 is 1.96 bits per heavy atom. The molecular formula is C22H23N3O3. The summed E-state index contributed by atoms with van der Waals surface area (Å²) in [5.74, 6) is 1.73. The standard InChI is InChI=1S/C22H23N3O3/c1-15-6-3-4-7-19(15)20-8-5-13-25(20)22(26)17-9-11-18(12-10-17)27-14-21-23-16(2)28-24-21/h3-4,6-7,9-12,20H,5,8,13-14H2,1-2H3. The Bertz CT molecular complexity index is 965. The highest BCUT2D eigenvalue weighted by molar-refractivity contribution is 5.94. The van der Waals surface area contributed by atoms with E-state index < -0.39 is 0 Å². The van der Waals surface area contributed by atoms with E-state index in [1.165, 1.54) is 11.1 Å². The second kappa shape index (κ2) is 7.84. The van der Waals surface area contributed by atoms with Gasteiger partial charge in [-0.1, -0.05) is 29.4 Å². The fraction of sp³-hybridized carbons (Fsp3) is 0.318. The first-order valence-electron chi connectivity index (χ1n) is 9.50. The largest absolute Gasteiger partial charge is 0.485 e. The van der Waals surface area contributed by atoms with Gasteiger partial charge in [-0.25, -0.2) is 0 Å². The summed E-state index contributed by atoms with van der Waals surface area (Å²) in [4.78, 5) is 19.2. The zero-order chi connectivity index (χ0) is 19.5. The SMILES string of the molecule is Cc1nc(COc2ccc(C(=O)N3CCCC3c3ccccc3C)cc2)no1. The highest BCUT2D eigenvalue weighted by atomic mass is 16.5. The van der Waals surface area contributed by atoms with Gasteiger partial charge in [0.05, 0.1) is 6.04 Å². The highest BCUT2D eigenvalue weighted by Crippen LogP contribution is 2.34. The summed E-state index contributed by atoms with van der Waals surface area (Å²) in [6, 6.07) is 15.7. The van der Waals surface area contributed by atoms with Crippen LogP contribution in [0.1, 0.15) is 52.1 Å². The fourth-order valence-corrected chi connectivity index (χ4v) is 3.70. The Balaban J connectivity index is 1.44. The predicted octanol–water partition coefficient (Wildman–Crippen LogP) is 4.24. The molecular weight excluding hydrogens is 354 g/mol. The van der Waals surface area contributed by atoms with Crippen LogP contribution in [0.4, 0.5) is 0 Å². The molecule has 0 saturated carbocycles. The first kappa shape index (κ1) is 18.2.